The first-order chi connectivity index (χ1) is 8.79. The predicted octanol–water partition coefficient (Wildman–Crippen LogP) is 3.07. The molecule has 2 unspecified atom stereocenters. The zero-order chi connectivity index (χ0) is 14.3. The van der Waals surface area contributed by atoms with Crippen molar-refractivity contribution >= 4 is 0 Å². The van der Waals surface area contributed by atoms with Crippen molar-refractivity contribution < 1.29 is 4.74 Å². The predicted molar refractivity (Wildman–Crippen MR) is 77.2 cm³/mol. The van der Waals surface area contributed by atoms with Gasteiger partial charge in [0.2, 0.25) is 0 Å². The summed E-state index contributed by atoms with van der Waals surface area (Å²) in [5.74, 6) is 0. The van der Waals surface area contributed by atoms with Gasteiger partial charge in [-0.2, -0.15) is 5.10 Å². The second kappa shape index (κ2) is 4.91. The molecule has 0 radical (unpaired) electrons. The summed E-state index contributed by atoms with van der Waals surface area (Å²) in [6, 6.07) is 0.679. The first-order valence-electron chi connectivity index (χ1n) is 7.20. The van der Waals surface area contributed by atoms with Crippen molar-refractivity contribution in [2.75, 3.05) is 7.05 Å². The van der Waals surface area contributed by atoms with Crippen LogP contribution >= 0.6 is 0 Å². The van der Waals surface area contributed by atoms with Crippen LogP contribution in [0.1, 0.15) is 65.1 Å². The number of hydrogen-bond acceptors (Lipinski definition) is 3. The lowest BCUT2D eigenvalue weighted by Gasteiger charge is -2.27. The molecule has 1 fully saturated rings. The third-order valence-corrected chi connectivity index (χ3v) is 4.13. The third kappa shape index (κ3) is 2.84. The molecular weight excluding hydrogens is 238 g/mol. The Kier molecular flexibility index (Phi) is 3.76. The number of hydrogen-bond donors (Lipinski definition) is 1. The van der Waals surface area contributed by atoms with E-state index in [2.05, 4.69) is 55.9 Å². The summed E-state index contributed by atoms with van der Waals surface area (Å²) in [5, 5.41) is 7.90. The van der Waals surface area contributed by atoms with Crippen LogP contribution in [0.2, 0.25) is 0 Å². The van der Waals surface area contributed by atoms with E-state index in [-0.39, 0.29) is 11.2 Å². The second-order valence-electron chi connectivity index (χ2n) is 6.69. The van der Waals surface area contributed by atoms with Gasteiger partial charge >= 0.3 is 0 Å². The minimum Gasteiger partial charge on any atom is -0.367 e. The second-order valence-corrected chi connectivity index (χ2v) is 6.69. The van der Waals surface area contributed by atoms with E-state index in [1.165, 1.54) is 5.56 Å². The molecule has 2 heterocycles. The lowest BCUT2D eigenvalue weighted by atomic mass is 9.94. The van der Waals surface area contributed by atoms with Gasteiger partial charge in [-0.3, -0.25) is 4.68 Å². The molecule has 19 heavy (non-hydrogen) atoms. The Labute approximate surface area is 116 Å². The van der Waals surface area contributed by atoms with Gasteiger partial charge < -0.3 is 10.1 Å². The van der Waals surface area contributed by atoms with Crippen molar-refractivity contribution in [3.8, 4) is 0 Å². The fourth-order valence-electron chi connectivity index (χ4n) is 3.25. The molecule has 2 atom stereocenters. The fourth-order valence-corrected chi connectivity index (χ4v) is 3.25. The van der Waals surface area contributed by atoms with Crippen LogP contribution in [0.3, 0.4) is 0 Å². The molecule has 0 aromatic carbocycles. The molecule has 1 aliphatic rings. The summed E-state index contributed by atoms with van der Waals surface area (Å²) >= 11 is 0. The topological polar surface area (TPSA) is 39.1 Å². The molecule has 0 saturated carbocycles. The maximum Gasteiger partial charge on any atom is 0.0857 e. The van der Waals surface area contributed by atoms with Crippen molar-refractivity contribution in [3.63, 3.8) is 0 Å². The standard InChI is InChI=1S/C15H27N3O/c1-7-12(16-6)11-9-17-18(10-11)13-8-14(2,3)19-15(13,4)5/h9-10,12-13,16H,7-8H2,1-6H3. The van der Waals surface area contributed by atoms with Gasteiger partial charge in [-0.05, 0) is 41.2 Å². The van der Waals surface area contributed by atoms with Crippen molar-refractivity contribution in [3.05, 3.63) is 18.0 Å². The van der Waals surface area contributed by atoms with Crippen LogP contribution < -0.4 is 5.32 Å². The van der Waals surface area contributed by atoms with E-state index in [0.717, 1.165) is 12.8 Å². The molecule has 1 N–H and O–H groups in total. The van der Waals surface area contributed by atoms with Crippen LogP contribution in [0.5, 0.6) is 0 Å². The van der Waals surface area contributed by atoms with Gasteiger partial charge in [-0.25, -0.2) is 0 Å². The highest BCUT2D eigenvalue weighted by atomic mass is 16.5. The summed E-state index contributed by atoms with van der Waals surface area (Å²) in [6.45, 7) is 10.8. The minimum atomic E-state index is -0.172. The number of aromatic nitrogens is 2. The van der Waals surface area contributed by atoms with Crippen molar-refractivity contribution in [1.82, 2.24) is 15.1 Å². The molecule has 2 rings (SSSR count). The minimum absolute atomic E-state index is 0.0759. The van der Waals surface area contributed by atoms with Gasteiger partial charge in [0.25, 0.3) is 0 Å². The van der Waals surface area contributed by atoms with Gasteiger partial charge in [0.05, 0.1) is 23.4 Å². The third-order valence-electron chi connectivity index (χ3n) is 4.13. The maximum absolute atomic E-state index is 6.15. The molecule has 0 bridgehead atoms. The summed E-state index contributed by atoms with van der Waals surface area (Å²) < 4.78 is 8.24. The van der Waals surface area contributed by atoms with E-state index in [1.54, 1.807) is 0 Å². The van der Waals surface area contributed by atoms with E-state index >= 15 is 0 Å². The Morgan fingerprint density at radius 1 is 1.47 bits per heavy atom. The molecule has 1 saturated heterocycles. The molecule has 0 aliphatic carbocycles. The molecule has 108 valence electrons. The molecule has 4 nitrogen and oxygen atoms in total. The van der Waals surface area contributed by atoms with Gasteiger partial charge in [0.1, 0.15) is 0 Å². The van der Waals surface area contributed by atoms with Gasteiger partial charge in [0, 0.05) is 24.2 Å². The first kappa shape index (κ1) is 14.5. The molecular formula is C15H27N3O. The van der Waals surface area contributed by atoms with Crippen LogP contribution in [0, 0.1) is 0 Å². The Morgan fingerprint density at radius 2 is 2.16 bits per heavy atom. The highest BCUT2D eigenvalue weighted by molar-refractivity contribution is 5.12. The molecule has 0 spiro atoms. The number of ether oxygens (including phenoxy) is 1. The molecule has 1 aromatic rings. The van der Waals surface area contributed by atoms with Crippen LogP contribution in [0.25, 0.3) is 0 Å². The smallest absolute Gasteiger partial charge is 0.0857 e. The van der Waals surface area contributed by atoms with Gasteiger partial charge in [0.15, 0.2) is 0 Å². The largest absolute Gasteiger partial charge is 0.367 e. The Bertz CT molecular complexity index is 432. The zero-order valence-electron chi connectivity index (χ0n) is 13.0. The average Bonchev–Trinajstić information content (AvgIpc) is 2.82. The van der Waals surface area contributed by atoms with Crippen LogP contribution in [-0.4, -0.2) is 28.0 Å². The summed E-state index contributed by atoms with van der Waals surface area (Å²) in [6.07, 6.45) is 6.21. The number of nitrogens with one attached hydrogen (secondary N) is 1. The van der Waals surface area contributed by atoms with E-state index < -0.39 is 0 Å². The Morgan fingerprint density at radius 3 is 2.63 bits per heavy atom. The maximum atomic E-state index is 6.15. The number of nitrogens with zero attached hydrogens (tertiary/aromatic N) is 2. The summed E-state index contributed by atoms with van der Waals surface area (Å²) in [5.41, 5.74) is 1.01. The first-order valence-corrected chi connectivity index (χ1v) is 7.20. The summed E-state index contributed by atoms with van der Waals surface area (Å²) in [4.78, 5) is 0. The van der Waals surface area contributed by atoms with Crippen LogP contribution in [-0.2, 0) is 4.74 Å². The summed E-state index contributed by atoms with van der Waals surface area (Å²) in [7, 11) is 2.00. The van der Waals surface area contributed by atoms with E-state index in [0.29, 0.717) is 12.1 Å². The quantitative estimate of drug-likeness (QED) is 0.909. The lowest BCUT2D eigenvalue weighted by Crippen LogP contribution is -2.31. The van der Waals surface area contributed by atoms with Crippen molar-refractivity contribution in [2.24, 2.45) is 0 Å². The fraction of sp³-hybridized carbons (Fsp3) is 0.800. The van der Waals surface area contributed by atoms with Crippen molar-refractivity contribution in [1.29, 1.82) is 0 Å². The SMILES string of the molecule is CCC(NC)c1cnn(C2CC(C)(C)OC2(C)C)c1. The highest BCUT2D eigenvalue weighted by Gasteiger charge is 2.47. The molecule has 1 aliphatic heterocycles. The monoisotopic (exact) mass is 265 g/mol. The highest BCUT2D eigenvalue weighted by Crippen LogP contribution is 2.44. The van der Waals surface area contributed by atoms with Crippen LogP contribution in [0.4, 0.5) is 0 Å². The Hall–Kier alpha value is -0.870. The van der Waals surface area contributed by atoms with Gasteiger partial charge in [-0.15, -0.1) is 0 Å². The normalized spacial score (nSPS) is 26.5. The van der Waals surface area contributed by atoms with E-state index in [9.17, 15) is 0 Å². The average molecular weight is 265 g/mol. The zero-order valence-corrected chi connectivity index (χ0v) is 13.0. The molecule has 0 amide bonds. The molecule has 4 heteroatoms. The van der Waals surface area contributed by atoms with Crippen LogP contribution in [0.15, 0.2) is 12.4 Å². The van der Waals surface area contributed by atoms with E-state index in [1.807, 2.05) is 13.2 Å². The van der Waals surface area contributed by atoms with Crippen molar-refractivity contribution in [2.45, 2.75) is 70.7 Å². The van der Waals surface area contributed by atoms with E-state index in [4.69, 9.17) is 4.74 Å². The Balaban J connectivity index is 2.23. The van der Waals surface area contributed by atoms with Gasteiger partial charge in [-0.1, -0.05) is 6.92 Å². The number of rotatable bonds is 4. The lowest BCUT2D eigenvalue weighted by molar-refractivity contribution is -0.0737. The molecule has 1 aromatic heterocycles.